The van der Waals surface area contributed by atoms with Crippen LogP contribution in [0.2, 0.25) is 0 Å². The third kappa shape index (κ3) is 2.90. The number of carboxylic acid groups (broad SMARTS) is 1. The van der Waals surface area contributed by atoms with E-state index in [0.29, 0.717) is 12.5 Å². The van der Waals surface area contributed by atoms with Gasteiger partial charge in [-0.05, 0) is 18.6 Å². The molecule has 0 aliphatic carbocycles. The van der Waals surface area contributed by atoms with E-state index in [9.17, 15) is 22.0 Å². The Kier molecular flexibility index (Phi) is 4.59. The van der Waals surface area contributed by atoms with Gasteiger partial charge in [0.25, 0.3) is 0 Å². The predicted octanol–water partition coefficient (Wildman–Crippen LogP) is 1.69. The SMILES string of the molecule is CCCN(C)S(=O)(=O)c1ccc(F)c(C(=O)O)c1F. The van der Waals surface area contributed by atoms with E-state index in [1.165, 1.54) is 7.05 Å². The molecular formula is C11H13F2NO4S. The minimum Gasteiger partial charge on any atom is -0.477 e. The van der Waals surface area contributed by atoms with Gasteiger partial charge in [0, 0.05) is 13.6 Å². The number of aromatic carboxylic acids is 1. The van der Waals surface area contributed by atoms with Gasteiger partial charge in [-0.2, -0.15) is 0 Å². The van der Waals surface area contributed by atoms with Gasteiger partial charge in [-0.3, -0.25) is 0 Å². The fourth-order valence-electron chi connectivity index (χ4n) is 1.53. The number of carboxylic acids is 1. The Labute approximate surface area is 109 Å². The van der Waals surface area contributed by atoms with Gasteiger partial charge in [0.1, 0.15) is 16.3 Å². The van der Waals surface area contributed by atoms with E-state index >= 15 is 0 Å². The fourth-order valence-corrected chi connectivity index (χ4v) is 2.86. The Morgan fingerprint density at radius 3 is 2.42 bits per heavy atom. The van der Waals surface area contributed by atoms with Crippen LogP contribution >= 0.6 is 0 Å². The van der Waals surface area contributed by atoms with Gasteiger partial charge in [-0.1, -0.05) is 6.92 Å². The van der Waals surface area contributed by atoms with Crippen LogP contribution in [-0.4, -0.2) is 37.4 Å². The summed E-state index contributed by atoms with van der Waals surface area (Å²) in [6.45, 7) is 1.87. The highest BCUT2D eigenvalue weighted by Gasteiger charge is 2.29. The molecule has 0 saturated carbocycles. The van der Waals surface area contributed by atoms with Crippen LogP contribution in [0, 0.1) is 11.6 Å². The largest absolute Gasteiger partial charge is 0.477 e. The van der Waals surface area contributed by atoms with E-state index in [0.717, 1.165) is 10.4 Å². The van der Waals surface area contributed by atoms with Crippen molar-refractivity contribution in [3.05, 3.63) is 29.3 Å². The molecule has 19 heavy (non-hydrogen) atoms. The molecule has 0 amide bonds. The number of carbonyl (C=O) groups is 1. The van der Waals surface area contributed by atoms with Gasteiger partial charge in [0.2, 0.25) is 10.0 Å². The summed E-state index contributed by atoms with van der Waals surface area (Å²) in [7, 11) is -2.94. The summed E-state index contributed by atoms with van der Waals surface area (Å²) in [6.07, 6.45) is 0.504. The molecule has 0 aromatic heterocycles. The molecule has 5 nitrogen and oxygen atoms in total. The van der Waals surface area contributed by atoms with Crippen molar-refractivity contribution >= 4 is 16.0 Å². The number of hydrogen-bond donors (Lipinski definition) is 1. The number of nitrogens with zero attached hydrogens (tertiary/aromatic N) is 1. The zero-order valence-electron chi connectivity index (χ0n) is 10.4. The molecule has 0 aliphatic heterocycles. The molecule has 1 N–H and O–H groups in total. The molecule has 0 spiro atoms. The standard InChI is InChI=1S/C11H13F2NO4S/c1-3-6-14(2)19(17,18)8-5-4-7(12)9(10(8)13)11(15)16/h4-5H,3,6H2,1-2H3,(H,15,16). The summed E-state index contributed by atoms with van der Waals surface area (Å²) in [6, 6.07) is 1.35. The number of hydrogen-bond acceptors (Lipinski definition) is 3. The van der Waals surface area contributed by atoms with Crippen molar-refractivity contribution in [2.75, 3.05) is 13.6 Å². The summed E-state index contributed by atoms with van der Waals surface area (Å²) >= 11 is 0. The molecule has 0 atom stereocenters. The molecule has 0 unspecified atom stereocenters. The second-order valence-electron chi connectivity index (χ2n) is 3.87. The maximum atomic E-state index is 13.9. The topological polar surface area (TPSA) is 74.7 Å². The Hall–Kier alpha value is -1.54. The van der Waals surface area contributed by atoms with Gasteiger partial charge in [0.15, 0.2) is 5.82 Å². The van der Waals surface area contributed by atoms with E-state index in [-0.39, 0.29) is 6.54 Å². The normalized spacial score (nSPS) is 11.8. The quantitative estimate of drug-likeness (QED) is 0.896. The van der Waals surface area contributed by atoms with Crippen LogP contribution < -0.4 is 0 Å². The summed E-state index contributed by atoms with van der Waals surface area (Å²) in [5, 5.41) is 8.69. The molecule has 106 valence electrons. The third-order valence-corrected chi connectivity index (χ3v) is 4.37. The Morgan fingerprint density at radius 1 is 1.37 bits per heavy atom. The first-order valence-electron chi connectivity index (χ1n) is 5.41. The lowest BCUT2D eigenvalue weighted by Crippen LogP contribution is -2.29. The summed E-state index contributed by atoms with van der Waals surface area (Å²) < 4.78 is 51.9. The Balaban J connectivity index is 3.45. The summed E-state index contributed by atoms with van der Waals surface area (Å²) in [5.74, 6) is -4.76. The zero-order valence-corrected chi connectivity index (χ0v) is 11.2. The third-order valence-electron chi connectivity index (χ3n) is 2.50. The molecule has 0 heterocycles. The highest BCUT2D eigenvalue weighted by atomic mass is 32.2. The van der Waals surface area contributed by atoms with Crippen LogP contribution in [0.4, 0.5) is 8.78 Å². The lowest BCUT2D eigenvalue weighted by Gasteiger charge is -2.17. The number of rotatable bonds is 5. The highest BCUT2D eigenvalue weighted by Crippen LogP contribution is 2.23. The summed E-state index contributed by atoms with van der Waals surface area (Å²) in [4.78, 5) is 9.88. The molecule has 0 fully saturated rings. The second-order valence-corrected chi connectivity index (χ2v) is 5.88. The minimum absolute atomic E-state index is 0.140. The van der Waals surface area contributed by atoms with E-state index in [1.54, 1.807) is 6.92 Å². The molecule has 0 saturated heterocycles. The molecule has 0 radical (unpaired) electrons. The van der Waals surface area contributed by atoms with Gasteiger partial charge < -0.3 is 5.11 Å². The maximum absolute atomic E-state index is 13.9. The fraction of sp³-hybridized carbons (Fsp3) is 0.364. The molecule has 1 aromatic rings. The van der Waals surface area contributed by atoms with Crippen LogP contribution in [0.25, 0.3) is 0 Å². The van der Waals surface area contributed by atoms with Crippen LogP contribution in [0.5, 0.6) is 0 Å². The van der Waals surface area contributed by atoms with E-state index in [1.807, 2.05) is 0 Å². The maximum Gasteiger partial charge on any atom is 0.341 e. The first kappa shape index (κ1) is 15.5. The van der Waals surface area contributed by atoms with Crippen LogP contribution in [0.1, 0.15) is 23.7 Å². The zero-order chi connectivity index (χ0) is 14.8. The van der Waals surface area contributed by atoms with Crippen molar-refractivity contribution < 1.29 is 27.1 Å². The van der Waals surface area contributed by atoms with Crippen LogP contribution in [0.15, 0.2) is 17.0 Å². The van der Waals surface area contributed by atoms with Crippen LogP contribution in [-0.2, 0) is 10.0 Å². The van der Waals surface area contributed by atoms with E-state index in [4.69, 9.17) is 5.11 Å². The number of benzene rings is 1. The minimum atomic E-state index is -4.18. The van der Waals surface area contributed by atoms with E-state index in [2.05, 4.69) is 0 Å². The predicted molar refractivity (Wildman–Crippen MR) is 63.4 cm³/mol. The van der Waals surface area contributed by atoms with Crippen molar-refractivity contribution in [2.24, 2.45) is 0 Å². The van der Waals surface area contributed by atoms with Crippen LogP contribution in [0.3, 0.4) is 0 Å². The first-order valence-corrected chi connectivity index (χ1v) is 6.85. The smallest absolute Gasteiger partial charge is 0.341 e. The van der Waals surface area contributed by atoms with Gasteiger partial charge in [-0.15, -0.1) is 0 Å². The second kappa shape index (κ2) is 5.62. The van der Waals surface area contributed by atoms with Gasteiger partial charge in [0.05, 0.1) is 0 Å². The molecule has 8 heteroatoms. The van der Waals surface area contributed by atoms with Crippen molar-refractivity contribution in [1.29, 1.82) is 0 Å². The molecule has 1 rings (SSSR count). The highest BCUT2D eigenvalue weighted by molar-refractivity contribution is 7.89. The van der Waals surface area contributed by atoms with Crippen molar-refractivity contribution in [3.63, 3.8) is 0 Å². The van der Waals surface area contributed by atoms with Crippen molar-refractivity contribution in [3.8, 4) is 0 Å². The lowest BCUT2D eigenvalue weighted by atomic mass is 10.2. The molecule has 0 bridgehead atoms. The lowest BCUT2D eigenvalue weighted by molar-refractivity contribution is 0.0685. The van der Waals surface area contributed by atoms with Gasteiger partial charge >= 0.3 is 5.97 Å². The van der Waals surface area contributed by atoms with Crippen molar-refractivity contribution in [1.82, 2.24) is 4.31 Å². The Bertz CT molecular complexity index is 601. The number of sulfonamides is 1. The molecular weight excluding hydrogens is 280 g/mol. The average Bonchev–Trinajstić information content (AvgIpc) is 2.28. The van der Waals surface area contributed by atoms with Gasteiger partial charge in [-0.25, -0.2) is 26.3 Å². The monoisotopic (exact) mass is 293 g/mol. The molecule has 0 aliphatic rings. The first-order chi connectivity index (χ1) is 8.73. The van der Waals surface area contributed by atoms with E-state index < -0.39 is 38.1 Å². The Morgan fingerprint density at radius 2 is 1.95 bits per heavy atom. The number of halogens is 2. The average molecular weight is 293 g/mol. The summed E-state index contributed by atoms with van der Waals surface area (Å²) in [5.41, 5.74) is -1.27. The molecule has 1 aromatic carbocycles. The van der Waals surface area contributed by atoms with Crippen molar-refractivity contribution in [2.45, 2.75) is 18.2 Å².